The molecule has 0 heterocycles. The summed E-state index contributed by atoms with van der Waals surface area (Å²) in [5.41, 5.74) is 2.05. The first-order chi connectivity index (χ1) is 15.2. The van der Waals surface area contributed by atoms with Crippen LogP contribution in [0.15, 0.2) is 77.7 Å². The standard InChI is InChI=1S/C23H21N3O5S/c1-15-8-3-5-12-19(15)21(27)25-23(29)24-17-10-7-11-18(14-17)32(30,31)26-22(28)20-13-6-4-9-16(20)2/h3-14H,1-2H3,(H,26,28)(H2,24,25,27,29). The van der Waals surface area contributed by atoms with E-state index < -0.39 is 27.9 Å². The maximum Gasteiger partial charge on any atom is 0.326 e. The van der Waals surface area contributed by atoms with Gasteiger partial charge in [0, 0.05) is 16.8 Å². The molecule has 0 saturated carbocycles. The lowest BCUT2D eigenvalue weighted by atomic mass is 10.1. The highest BCUT2D eigenvalue weighted by atomic mass is 32.2. The molecule has 0 aliphatic heterocycles. The van der Waals surface area contributed by atoms with Gasteiger partial charge in [0.2, 0.25) is 0 Å². The van der Waals surface area contributed by atoms with Crippen molar-refractivity contribution >= 4 is 33.6 Å². The van der Waals surface area contributed by atoms with E-state index in [4.69, 9.17) is 0 Å². The number of hydrogen-bond donors (Lipinski definition) is 3. The summed E-state index contributed by atoms with van der Waals surface area (Å²) < 4.78 is 27.3. The molecule has 0 atom stereocenters. The van der Waals surface area contributed by atoms with Crippen molar-refractivity contribution in [2.45, 2.75) is 18.7 Å². The molecule has 9 heteroatoms. The Bertz CT molecular complexity index is 1300. The Morgan fingerprint density at radius 1 is 0.719 bits per heavy atom. The van der Waals surface area contributed by atoms with Gasteiger partial charge in [0.15, 0.2) is 0 Å². The number of rotatable bonds is 5. The molecular formula is C23H21N3O5S. The van der Waals surface area contributed by atoms with E-state index >= 15 is 0 Å². The van der Waals surface area contributed by atoms with Gasteiger partial charge in [-0.05, 0) is 55.3 Å². The SMILES string of the molecule is Cc1ccccc1C(=O)NC(=O)Nc1cccc(S(=O)(=O)NC(=O)c2ccccc2C)c1. The zero-order chi connectivity index (χ0) is 23.3. The van der Waals surface area contributed by atoms with Crippen molar-refractivity contribution in [1.29, 1.82) is 0 Å². The summed E-state index contributed by atoms with van der Waals surface area (Å²) in [5.74, 6) is -1.35. The van der Waals surface area contributed by atoms with E-state index in [-0.39, 0.29) is 16.1 Å². The summed E-state index contributed by atoms with van der Waals surface area (Å²) >= 11 is 0. The van der Waals surface area contributed by atoms with Gasteiger partial charge in [-0.1, -0.05) is 42.5 Å². The van der Waals surface area contributed by atoms with Crippen LogP contribution in [0.1, 0.15) is 31.8 Å². The lowest BCUT2D eigenvalue weighted by Gasteiger charge is -2.11. The number of anilines is 1. The topological polar surface area (TPSA) is 121 Å². The Morgan fingerprint density at radius 3 is 1.88 bits per heavy atom. The van der Waals surface area contributed by atoms with Crippen LogP contribution >= 0.6 is 0 Å². The van der Waals surface area contributed by atoms with E-state index in [0.717, 1.165) is 0 Å². The highest BCUT2D eigenvalue weighted by Gasteiger charge is 2.20. The van der Waals surface area contributed by atoms with Gasteiger partial charge >= 0.3 is 6.03 Å². The Labute approximate surface area is 185 Å². The van der Waals surface area contributed by atoms with Crippen molar-refractivity contribution in [1.82, 2.24) is 10.0 Å². The third-order valence-corrected chi connectivity index (χ3v) is 5.96. The second-order valence-electron chi connectivity index (χ2n) is 7.00. The fourth-order valence-electron chi connectivity index (χ4n) is 2.97. The molecule has 0 fully saturated rings. The minimum absolute atomic E-state index is 0.131. The van der Waals surface area contributed by atoms with E-state index in [0.29, 0.717) is 16.7 Å². The lowest BCUT2D eigenvalue weighted by molar-refractivity contribution is 0.0961. The van der Waals surface area contributed by atoms with Gasteiger partial charge in [0.1, 0.15) is 0 Å². The summed E-state index contributed by atoms with van der Waals surface area (Å²) in [4.78, 5) is 36.6. The maximum atomic E-state index is 12.7. The second-order valence-corrected chi connectivity index (χ2v) is 8.68. The van der Waals surface area contributed by atoms with Crippen LogP contribution < -0.4 is 15.4 Å². The molecule has 32 heavy (non-hydrogen) atoms. The van der Waals surface area contributed by atoms with Gasteiger partial charge in [-0.3, -0.25) is 14.9 Å². The number of amides is 4. The molecule has 3 aromatic rings. The minimum Gasteiger partial charge on any atom is -0.308 e. The molecule has 3 N–H and O–H groups in total. The van der Waals surface area contributed by atoms with Crippen LogP contribution in [0.3, 0.4) is 0 Å². The molecule has 164 valence electrons. The average Bonchev–Trinajstić information content (AvgIpc) is 2.74. The molecule has 4 amide bonds. The van der Waals surface area contributed by atoms with Crippen LogP contribution in [0.25, 0.3) is 0 Å². The normalized spacial score (nSPS) is 10.8. The molecule has 0 spiro atoms. The van der Waals surface area contributed by atoms with Crippen molar-refractivity contribution in [2.75, 3.05) is 5.32 Å². The van der Waals surface area contributed by atoms with Crippen molar-refractivity contribution in [2.24, 2.45) is 0 Å². The molecule has 0 aromatic heterocycles. The number of benzene rings is 3. The monoisotopic (exact) mass is 451 g/mol. The first-order valence-electron chi connectivity index (χ1n) is 9.58. The number of aryl methyl sites for hydroxylation is 2. The number of nitrogens with one attached hydrogen (secondary N) is 3. The maximum absolute atomic E-state index is 12.7. The average molecular weight is 452 g/mol. The quantitative estimate of drug-likeness (QED) is 0.549. The van der Waals surface area contributed by atoms with Gasteiger partial charge in [-0.25, -0.2) is 17.9 Å². The van der Waals surface area contributed by atoms with Crippen molar-refractivity contribution in [3.05, 3.63) is 95.1 Å². The number of carbonyl (C=O) groups excluding carboxylic acids is 3. The summed E-state index contributed by atoms with van der Waals surface area (Å²) in [7, 11) is -4.19. The predicted octanol–water partition coefficient (Wildman–Crippen LogP) is 3.38. The summed E-state index contributed by atoms with van der Waals surface area (Å²) in [6, 6.07) is 17.9. The Kier molecular flexibility index (Phi) is 6.70. The molecule has 0 radical (unpaired) electrons. The molecule has 3 rings (SSSR count). The fraction of sp³-hybridized carbons (Fsp3) is 0.0870. The van der Waals surface area contributed by atoms with Gasteiger partial charge in [-0.15, -0.1) is 0 Å². The van der Waals surface area contributed by atoms with Gasteiger partial charge in [-0.2, -0.15) is 0 Å². The molecule has 0 aliphatic rings. The lowest BCUT2D eigenvalue weighted by Crippen LogP contribution is -2.35. The third kappa shape index (κ3) is 5.38. The number of urea groups is 1. The van der Waals surface area contributed by atoms with Crippen molar-refractivity contribution in [3.8, 4) is 0 Å². The first-order valence-corrected chi connectivity index (χ1v) is 11.1. The van der Waals surface area contributed by atoms with E-state index in [1.54, 1.807) is 56.3 Å². The minimum atomic E-state index is -4.19. The van der Waals surface area contributed by atoms with E-state index in [2.05, 4.69) is 10.6 Å². The molecule has 0 aliphatic carbocycles. The Hall–Kier alpha value is -3.98. The zero-order valence-electron chi connectivity index (χ0n) is 17.4. The number of hydrogen-bond acceptors (Lipinski definition) is 5. The molecular weight excluding hydrogens is 430 g/mol. The van der Waals surface area contributed by atoms with Gasteiger partial charge in [0.25, 0.3) is 21.8 Å². The van der Waals surface area contributed by atoms with Crippen LogP contribution in [0.2, 0.25) is 0 Å². The zero-order valence-corrected chi connectivity index (χ0v) is 18.2. The Morgan fingerprint density at radius 2 is 1.28 bits per heavy atom. The summed E-state index contributed by atoms with van der Waals surface area (Å²) in [5, 5.41) is 4.62. The van der Waals surface area contributed by atoms with Crippen LogP contribution in [0, 0.1) is 13.8 Å². The summed E-state index contributed by atoms with van der Waals surface area (Å²) in [6.45, 7) is 3.44. The van der Waals surface area contributed by atoms with Crippen molar-refractivity contribution < 1.29 is 22.8 Å². The summed E-state index contributed by atoms with van der Waals surface area (Å²) in [6.07, 6.45) is 0. The van der Waals surface area contributed by atoms with E-state index in [9.17, 15) is 22.8 Å². The fourth-order valence-corrected chi connectivity index (χ4v) is 3.98. The smallest absolute Gasteiger partial charge is 0.308 e. The van der Waals surface area contributed by atoms with Crippen LogP contribution in [-0.4, -0.2) is 26.3 Å². The van der Waals surface area contributed by atoms with E-state index in [1.165, 1.54) is 30.3 Å². The third-order valence-electron chi connectivity index (χ3n) is 4.64. The Balaban J connectivity index is 1.71. The largest absolute Gasteiger partial charge is 0.326 e. The van der Waals surface area contributed by atoms with Gasteiger partial charge < -0.3 is 5.32 Å². The second kappa shape index (κ2) is 9.44. The van der Waals surface area contributed by atoms with Crippen LogP contribution in [0.5, 0.6) is 0 Å². The predicted molar refractivity (Wildman–Crippen MR) is 120 cm³/mol. The first kappa shape index (κ1) is 22.7. The number of carbonyl (C=O) groups is 3. The molecule has 0 saturated heterocycles. The molecule has 0 bridgehead atoms. The highest BCUT2D eigenvalue weighted by molar-refractivity contribution is 7.90. The van der Waals surface area contributed by atoms with Crippen LogP contribution in [0.4, 0.5) is 10.5 Å². The molecule has 3 aromatic carbocycles. The number of sulfonamides is 1. The highest BCUT2D eigenvalue weighted by Crippen LogP contribution is 2.17. The van der Waals surface area contributed by atoms with Crippen LogP contribution in [-0.2, 0) is 10.0 Å². The molecule has 0 unspecified atom stereocenters. The molecule has 8 nitrogen and oxygen atoms in total. The van der Waals surface area contributed by atoms with Gasteiger partial charge in [0.05, 0.1) is 4.90 Å². The number of imide groups is 1. The van der Waals surface area contributed by atoms with Crippen molar-refractivity contribution in [3.63, 3.8) is 0 Å². The van der Waals surface area contributed by atoms with E-state index in [1.807, 2.05) is 4.72 Å².